The highest BCUT2D eigenvalue weighted by molar-refractivity contribution is 5.80. The Bertz CT molecular complexity index is 859. The SMILES string of the molecule is CNc1nc(Nc2cnn([C@@H](C)C(=O)N3CCCC3)c2C)ncc1C(F)(F)F. The molecule has 0 aliphatic carbocycles. The van der Waals surface area contributed by atoms with E-state index in [0.29, 0.717) is 11.4 Å². The summed E-state index contributed by atoms with van der Waals surface area (Å²) in [5, 5.41) is 9.56. The number of hydrogen-bond acceptors (Lipinski definition) is 6. The van der Waals surface area contributed by atoms with E-state index in [9.17, 15) is 18.0 Å². The van der Waals surface area contributed by atoms with Crippen LogP contribution in [-0.2, 0) is 11.0 Å². The number of alkyl halides is 3. The van der Waals surface area contributed by atoms with Crippen LogP contribution in [0.25, 0.3) is 0 Å². The van der Waals surface area contributed by atoms with Gasteiger partial charge in [0, 0.05) is 26.3 Å². The number of amides is 1. The lowest BCUT2D eigenvalue weighted by Crippen LogP contribution is -2.34. The maximum absolute atomic E-state index is 13.0. The second-order valence-corrected chi connectivity index (χ2v) is 6.63. The number of anilines is 3. The maximum atomic E-state index is 13.0. The van der Waals surface area contributed by atoms with Crippen molar-refractivity contribution in [3.63, 3.8) is 0 Å². The predicted octanol–water partition coefficient (Wildman–Crippen LogP) is 2.97. The molecule has 1 aliphatic heterocycles. The van der Waals surface area contributed by atoms with E-state index in [1.165, 1.54) is 13.2 Å². The van der Waals surface area contributed by atoms with Gasteiger partial charge in [-0.05, 0) is 26.7 Å². The summed E-state index contributed by atoms with van der Waals surface area (Å²) in [6, 6.07) is -0.477. The molecule has 2 aromatic rings. The molecule has 0 aromatic carbocycles. The van der Waals surface area contributed by atoms with Gasteiger partial charge in [-0.25, -0.2) is 4.98 Å². The molecule has 3 rings (SSSR count). The van der Waals surface area contributed by atoms with Crippen LogP contribution in [0.5, 0.6) is 0 Å². The highest BCUT2D eigenvalue weighted by Crippen LogP contribution is 2.34. The predicted molar refractivity (Wildman–Crippen MR) is 97.4 cm³/mol. The molecule has 1 amide bonds. The van der Waals surface area contributed by atoms with Crippen molar-refractivity contribution in [2.24, 2.45) is 0 Å². The van der Waals surface area contributed by atoms with E-state index in [2.05, 4.69) is 25.7 Å². The molecule has 1 atom stereocenters. The van der Waals surface area contributed by atoms with Gasteiger partial charge in [-0.1, -0.05) is 0 Å². The summed E-state index contributed by atoms with van der Waals surface area (Å²) in [5.41, 5.74) is 0.232. The smallest absolute Gasteiger partial charge is 0.372 e. The molecule has 0 saturated carbocycles. The number of carbonyl (C=O) groups is 1. The van der Waals surface area contributed by atoms with Crippen LogP contribution in [0.3, 0.4) is 0 Å². The zero-order chi connectivity index (χ0) is 20.5. The molecule has 1 saturated heterocycles. The van der Waals surface area contributed by atoms with Gasteiger partial charge in [-0.2, -0.15) is 23.3 Å². The second-order valence-electron chi connectivity index (χ2n) is 6.63. The molecule has 0 unspecified atom stereocenters. The van der Waals surface area contributed by atoms with Crippen LogP contribution in [0.2, 0.25) is 0 Å². The van der Waals surface area contributed by atoms with Crippen molar-refractivity contribution < 1.29 is 18.0 Å². The van der Waals surface area contributed by atoms with Gasteiger partial charge in [0.15, 0.2) is 0 Å². The Kier molecular flexibility index (Phi) is 5.43. The van der Waals surface area contributed by atoms with Gasteiger partial charge in [0.2, 0.25) is 11.9 Å². The number of likely N-dealkylation sites (tertiary alicyclic amines) is 1. The summed E-state index contributed by atoms with van der Waals surface area (Å²) in [6.07, 6.45) is -0.322. The van der Waals surface area contributed by atoms with Gasteiger partial charge < -0.3 is 15.5 Å². The molecule has 0 radical (unpaired) electrons. The van der Waals surface area contributed by atoms with Crippen molar-refractivity contribution >= 4 is 23.4 Å². The fourth-order valence-corrected chi connectivity index (χ4v) is 3.20. The van der Waals surface area contributed by atoms with Gasteiger partial charge in [0.1, 0.15) is 17.4 Å². The molecule has 1 fully saturated rings. The number of carbonyl (C=O) groups excluding carboxylic acids is 1. The Balaban J connectivity index is 1.80. The van der Waals surface area contributed by atoms with Crippen LogP contribution in [0.15, 0.2) is 12.4 Å². The third-order valence-electron chi connectivity index (χ3n) is 4.76. The Labute approximate surface area is 160 Å². The van der Waals surface area contributed by atoms with E-state index in [4.69, 9.17) is 0 Å². The fourth-order valence-electron chi connectivity index (χ4n) is 3.20. The molecule has 3 heterocycles. The van der Waals surface area contributed by atoms with E-state index >= 15 is 0 Å². The van der Waals surface area contributed by atoms with E-state index in [-0.39, 0.29) is 17.7 Å². The molecular weight excluding hydrogens is 375 g/mol. The number of aromatic nitrogens is 4. The molecule has 0 spiro atoms. The van der Waals surface area contributed by atoms with Gasteiger partial charge in [0.05, 0.1) is 17.6 Å². The van der Waals surface area contributed by atoms with Crippen molar-refractivity contribution in [1.29, 1.82) is 0 Å². The Morgan fingerprint density at radius 3 is 2.54 bits per heavy atom. The quantitative estimate of drug-likeness (QED) is 0.807. The molecule has 0 bridgehead atoms. The summed E-state index contributed by atoms with van der Waals surface area (Å²) < 4.78 is 40.5. The van der Waals surface area contributed by atoms with Crippen LogP contribution in [-0.4, -0.2) is 50.7 Å². The molecule has 2 N–H and O–H groups in total. The minimum absolute atomic E-state index is 0.00137. The van der Waals surface area contributed by atoms with Crippen LogP contribution < -0.4 is 10.6 Å². The number of nitrogens with one attached hydrogen (secondary N) is 2. The van der Waals surface area contributed by atoms with E-state index in [1.54, 1.807) is 18.5 Å². The fraction of sp³-hybridized carbons (Fsp3) is 0.529. The standard InChI is InChI=1S/C17H22F3N7O/c1-10-13(9-23-27(10)11(2)15(28)26-6-4-5-7-26)24-16-22-8-12(17(18,19)20)14(21-3)25-16/h8-9,11H,4-7H2,1-3H3,(H2,21,22,24,25)/t11-/m0/s1. The van der Waals surface area contributed by atoms with Crippen molar-refractivity contribution in [2.75, 3.05) is 30.8 Å². The van der Waals surface area contributed by atoms with Gasteiger partial charge in [-0.15, -0.1) is 0 Å². The maximum Gasteiger partial charge on any atom is 0.421 e. The van der Waals surface area contributed by atoms with Crippen LogP contribution in [0.4, 0.5) is 30.6 Å². The third kappa shape index (κ3) is 3.87. The summed E-state index contributed by atoms with van der Waals surface area (Å²) in [6.45, 7) is 5.05. The summed E-state index contributed by atoms with van der Waals surface area (Å²) in [7, 11) is 1.36. The lowest BCUT2D eigenvalue weighted by Gasteiger charge is -2.21. The van der Waals surface area contributed by atoms with Crippen molar-refractivity contribution in [1.82, 2.24) is 24.6 Å². The summed E-state index contributed by atoms with van der Waals surface area (Å²) in [5.74, 6) is -0.329. The van der Waals surface area contributed by atoms with E-state index in [1.807, 2.05) is 4.90 Å². The third-order valence-corrected chi connectivity index (χ3v) is 4.76. The second kappa shape index (κ2) is 7.64. The molecule has 11 heteroatoms. The first-order valence-corrected chi connectivity index (χ1v) is 8.94. The minimum atomic E-state index is -4.55. The number of halogens is 3. The average molecular weight is 397 g/mol. The van der Waals surface area contributed by atoms with Gasteiger partial charge in [-0.3, -0.25) is 9.48 Å². The largest absolute Gasteiger partial charge is 0.421 e. The Morgan fingerprint density at radius 2 is 1.93 bits per heavy atom. The molecule has 28 heavy (non-hydrogen) atoms. The minimum Gasteiger partial charge on any atom is -0.372 e. The Hall–Kier alpha value is -2.85. The Morgan fingerprint density at radius 1 is 1.25 bits per heavy atom. The summed E-state index contributed by atoms with van der Waals surface area (Å²) >= 11 is 0. The number of nitrogens with zero attached hydrogens (tertiary/aromatic N) is 5. The topological polar surface area (TPSA) is 88.0 Å². The zero-order valence-corrected chi connectivity index (χ0v) is 15.8. The average Bonchev–Trinajstić information content (AvgIpc) is 3.30. The first-order valence-electron chi connectivity index (χ1n) is 8.94. The van der Waals surface area contributed by atoms with Crippen molar-refractivity contribution in [3.05, 3.63) is 23.7 Å². The van der Waals surface area contributed by atoms with E-state index in [0.717, 1.165) is 32.1 Å². The van der Waals surface area contributed by atoms with Crippen molar-refractivity contribution in [2.45, 2.75) is 38.9 Å². The lowest BCUT2D eigenvalue weighted by molar-refractivity contribution is -0.137. The first kappa shape index (κ1) is 19.9. The lowest BCUT2D eigenvalue weighted by atomic mass is 10.2. The van der Waals surface area contributed by atoms with Crippen LogP contribution >= 0.6 is 0 Å². The van der Waals surface area contributed by atoms with Crippen LogP contribution in [0, 0.1) is 6.92 Å². The zero-order valence-electron chi connectivity index (χ0n) is 15.8. The van der Waals surface area contributed by atoms with Gasteiger partial charge in [0.25, 0.3) is 0 Å². The molecule has 8 nitrogen and oxygen atoms in total. The molecule has 2 aromatic heterocycles. The summed E-state index contributed by atoms with van der Waals surface area (Å²) in [4.78, 5) is 22.0. The normalized spacial score (nSPS) is 15.6. The first-order chi connectivity index (χ1) is 13.2. The highest BCUT2D eigenvalue weighted by Gasteiger charge is 2.35. The highest BCUT2D eigenvalue weighted by atomic mass is 19.4. The monoisotopic (exact) mass is 397 g/mol. The number of hydrogen-bond donors (Lipinski definition) is 2. The molecule has 1 aliphatic rings. The molecule has 152 valence electrons. The number of rotatable bonds is 5. The van der Waals surface area contributed by atoms with Crippen LogP contribution in [0.1, 0.15) is 37.1 Å². The van der Waals surface area contributed by atoms with Gasteiger partial charge >= 0.3 is 6.18 Å². The van der Waals surface area contributed by atoms with Crippen molar-refractivity contribution in [3.8, 4) is 0 Å². The molecular formula is C17H22F3N7O. The van der Waals surface area contributed by atoms with E-state index < -0.39 is 17.8 Å².